The number of carbonyl (C=O) groups excluding carboxylic acids is 2. The number of aryl methyl sites for hydroxylation is 2. The smallest absolute Gasteiger partial charge is 0.340 e. The van der Waals surface area contributed by atoms with Crippen molar-refractivity contribution in [3.63, 3.8) is 0 Å². The number of thiol groups is 1. The molecule has 0 bridgehead atoms. The van der Waals surface area contributed by atoms with Crippen LogP contribution in [-0.2, 0) is 4.74 Å². The average molecular weight is 610 g/mol. The fourth-order valence-corrected chi connectivity index (χ4v) is 5.81. The molecule has 2 atom stereocenters. The second-order valence-electron chi connectivity index (χ2n) is 10.1. The first-order valence-corrected chi connectivity index (χ1v) is 14.6. The Kier molecular flexibility index (Phi) is 8.75. The lowest BCUT2D eigenvalue weighted by Gasteiger charge is -2.37. The summed E-state index contributed by atoms with van der Waals surface area (Å²) in [6, 6.07) is 20.4. The molecule has 3 aromatic carbocycles. The van der Waals surface area contributed by atoms with Crippen LogP contribution in [0.1, 0.15) is 50.4 Å². The Labute approximate surface area is 254 Å². The number of ether oxygens (including phenoxy) is 1. The van der Waals surface area contributed by atoms with E-state index in [1.54, 1.807) is 34.0 Å². The van der Waals surface area contributed by atoms with Crippen molar-refractivity contribution in [1.29, 1.82) is 0 Å². The van der Waals surface area contributed by atoms with Crippen LogP contribution in [0.2, 0.25) is 10.0 Å². The maximum atomic E-state index is 13.7. The number of esters is 1. The van der Waals surface area contributed by atoms with Gasteiger partial charge in [0.05, 0.1) is 22.0 Å². The molecule has 1 aromatic heterocycles. The molecule has 0 aliphatic carbocycles. The van der Waals surface area contributed by atoms with Gasteiger partial charge < -0.3 is 4.74 Å². The molecule has 1 fully saturated rings. The number of nitrogens with zero attached hydrogens (tertiary/aromatic N) is 3. The molecule has 0 spiro atoms. The lowest BCUT2D eigenvalue weighted by Crippen LogP contribution is -2.55. The Morgan fingerprint density at radius 2 is 1.76 bits per heavy atom. The van der Waals surface area contributed by atoms with Gasteiger partial charge in [-0.15, -0.1) is 0 Å². The van der Waals surface area contributed by atoms with Crippen LogP contribution in [0, 0.1) is 20.8 Å². The molecule has 5 rings (SSSR count). The summed E-state index contributed by atoms with van der Waals surface area (Å²) in [6.45, 7) is 6.42. The van der Waals surface area contributed by atoms with Crippen molar-refractivity contribution in [3.8, 4) is 16.9 Å². The standard InChI is InChI=1S/C31H30Cl2N4O3S/c1-18-10-12-21(13-11-18)28-20(3)27(34-37(28)25-15-14-22(32)17-19(25)2)29(38)35-36-16-6-9-26(30(36)41)40-31(39)23-7-4-5-8-24(23)33/h4-5,7-8,10-15,17,26,30,41H,6,9,16H2,1-3H3,(H,35,38). The summed E-state index contributed by atoms with van der Waals surface area (Å²) in [6.07, 6.45) is 0.761. The van der Waals surface area contributed by atoms with Crippen LogP contribution in [0.3, 0.4) is 0 Å². The van der Waals surface area contributed by atoms with Crippen LogP contribution in [0.5, 0.6) is 0 Å². The minimum Gasteiger partial charge on any atom is -0.456 e. The molecular formula is C31H30Cl2N4O3S. The Balaban J connectivity index is 1.42. The van der Waals surface area contributed by atoms with E-state index < -0.39 is 17.4 Å². The molecule has 1 saturated heterocycles. The maximum Gasteiger partial charge on any atom is 0.340 e. The zero-order chi connectivity index (χ0) is 29.3. The van der Waals surface area contributed by atoms with Crippen molar-refractivity contribution < 1.29 is 14.3 Å². The van der Waals surface area contributed by atoms with E-state index in [4.69, 9.17) is 45.7 Å². The van der Waals surface area contributed by atoms with Gasteiger partial charge in [0, 0.05) is 22.7 Å². The first-order valence-electron chi connectivity index (χ1n) is 13.3. The third-order valence-electron chi connectivity index (χ3n) is 7.19. The van der Waals surface area contributed by atoms with Crippen molar-refractivity contribution in [3.05, 3.63) is 105 Å². The first-order chi connectivity index (χ1) is 19.6. The van der Waals surface area contributed by atoms with Gasteiger partial charge in [0.25, 0.3) is 5.91 Å². The lowest BCUT2D eigenvalue weighted by atomic mass is 10.0. The number of nitrogens with one attached hydrogen (secondary N) is 1. The van der Waals surface area contributed by atoms with E-state index in [1.165, 1.54) is 0 Å². The van der Waals surface area contributed by atoms with E-state index in [2.05, 4.69) is 5.43 Å². The van der Waals surface area contributed by atoms with Gasteiger partial charge in [0.1, 0.15) is 11.5 Å². The van der Waals surface area contributed by atoms with E-state index in [0.29, 0.717) is 29.4 Å². The third kappa shape index (κ3) is 6.16. The highest BCUT2D eigenvalue weighted by Crippen LogP contribution is 2.32. The number of hydrazine groups is 1. The fourth-order valence-electron chi connectivity index (χ4n) is 4.99. The first kappa shape index (κ1) is 29.2. The quantitative estimate of drug-likeness (QED) is 0.182. The Bertz CT molecular complexity index is 1610. The summed E-state index contributed by atoms with van der Waals surface area (Å²) in [4.78, 5) is 26.5. The number of amides is 1. The number of halogens is 2. The minimum atomic E-state index is -0.559. The van der Waals surface area contributed by atoms with E-state index in [-0.39, 0.29) is 17.2 Å². The summed E-state index contributed by atoms with van der Waals surface area (Å²) in [5.74, 6) is -0.901. The molecule has 0 saturated carbocycles. The van der Waals surface area contributed by atoms with Gasteiger partial charge in [-0.2, -0.15) is 17.7 Å². The molecule has 0 radical (unpaired) electrons. The van der Waals surface area contributed by atoms with Gasteiger partial charge in [0.15, 0.2) is 5.69 Å². The van der Waals surface area contributed by atoms with Gasteiger partial charge in [-0.25, -0.2) is 14.5 Å². The largest absolute Gasteiger partial charge is 0.456 e. The van der Waals surface area contributed by atoms with Gasteiger partial charge in [0.2, 0.25) is 0 Å². The van der Waals surface area contributed by atoms with Crippen LogP contribution in [0.4, 0.5) is 0 Å². The third-order valence-corrected chi connectivity index (χ3v) is 8.36. The normalized spacial score (nSPS) is 17.3. The SMILES string of the molecule is Cc1ccc(-c2c(C)c(C(=O)NN3CCCC(OC(=O)c4ccccc4Cl)C3S)nn2-c2ccc(Cl)cc2C)cc1. The van der Waals surface area contributed by atoms with Gasteiger partial charge in [-0.05, 0) is 69.5 Å². The molecule has 2 unspecified atom stereocenters. The highest BCUT2D eigenvalue weighted by molar-refractivity contribution is 7.80. The van der Waals surface area contributed by atoms with Crippen molar-refractivity contribution >= 4 is 47.7 Å². The summed E-state index contributed by atoms with van der Waals surface area (Å²) in [5.41, 5.74) is 8.89. The van der Waals surface area contributed by atoms with Crippen molar-refractivity contribution in [2.75, 3.05) is 6.54 Å². The summed E-state index contributed by atoms with van der Waals surface area (Å²) in [5, 5.41) is 6.86. The predicted molar refractivity (Wildman–Crippen MR) is 165 cm³/mol. The highest BCUT2D eigenvalue weighted by atomic mass is 35.5. The van der Waals surface area contributed by atoms with Crippen LogP contribution in [0.15, 0.2) is 66.7 Å². The Hall–Kier alpha value is -3.30. The van der Waals surface area contributed by atoms with E-state index in [9.17, 15) is 9.59 Å². The number of rotatable bonds is 6. The number of hydrogen-bond acceptors (Lipinski definition) is 6. The summed E-state index contributed by atoms with van der Waals surface area (Å²) < 4.78 is 7.55. The molecule has 2 heterocycles. The molecule has 10 heteroatoms. The molecule has 4 aromatic rings. The average Bonchev–Trinajstić information content (AvgIpc) is 3.28. The van der Waals surface area contributed by atoms with Gasteiger partial charge >= 0.3 is 5.97 Å². The van der Waals surface area contributed by atoms with Crippen LogP contribution < -0.4 is 5.43 Å². The Morgan fingerprint density at radius 3 is 2.46 bits per heavy atom. The van der Waals surface area contributed by atoms with Crippen molar-refractivity contribution in [2.24, 2.45) is 0 Å². The predicted octanol–water partition coefficient (Wildman–Crippen LogP) is 6.99. The van der Waals surface area contributed by atoms with Crippen LogP contribution in [0.25, 0.3) is 16.9 Å². The van der Waals surface area contributed by atoms with Crippen LogP contribution >= 0.6 is 35.8 Å². The fraction of sp³-hybridized carbons (Fsp3) is 0.258. The molecule has 1 amide bonds. The number of hydrogen-bond donors (Lipinski definition) is 2. The maximum absolute atomic E-state index is 13.7. The minimum absolute atomic E-state index is 0.283. The van der Waals surface area contributed by atoms with Gasteiger partial charge in [-0.3, -0.25) is 10.2 Å². The molecule has 1 aliphatic heterocycles. The molecular weight excluding hydrogens is 579 g/mol. The monoisotopic (exact) mass is 608 g/mol. The molecule has 41 heavy (non-hydrogen) atoms. The lowest BCUT2D eigenvalue weighted by molar-refractivity contribution is -0.0106. The molecule has 1 N–H and O–H groups in total. The topological polar surface area (TPSA) is 76.5 Å². The van der Waals surface area contributed by atoms with Crippen molar-refractivity contribution in [1.82, 2.24) is 20.2 Å². The van der Waals surface area contributed by atoms with E-state index >= 15 is 0 Å². The second kappa shape index (κ2) is 12.3. The molecule has 212 valence electrons. The number of benzene rings is 3. The summed E-state index contributed by atoms with van der Waals surface area (Å²) in [7, 11) is 0. The Morgan fingerprint density at radius 1 is 1.02 bits per heavy atom. The number of carbonyl (C=O) groups is 2. The number of piperidine rings is 1. The second-order valence-corrected chi connectivity index (χ2v) is 11.5. The molecule has 7 nitrogen and oxygen atoms in total. The summed E-state index contributed by atoms with van der Waals surface area (Å²) >= 11 is 17.1. The zero-order valence-electron chi connectivity index (χ0n) is 22.9. The number of aromatic nitrogens is 2. The highest BCUT2D eigenvalue weighted by Gasteiger charge is 2.34. The van der Waals surface area contributed by atoms with Gasteiger partial charge in [-0.1, -0.05) is 65.2 Å². The molecule has 1 aliphatic rings. The van der Waals surface area contributed by atoms with E-state index in [0.717, 1.165) is 33.6 Å². The zero-order valence-corrected chi connectivity index (χ0v) is 25.3. The van der Waals surface area contributed by atoms with Crippen LogP contribution in [-0.4, -0.2) is 44.7 Å². The van der Waals surface area contributed by atoms with E-state index in [1.807, 2.05) is 63.2 Å². The van der Waals surface area contributed by atoms with Crippen molar-refractivity contribution in [2.45, 2.75) is 45.1 Å².